The van der Waals surface area contributed by atoms with Crippen LogP contribution in [0.2, 0.25) is 0 Å². The molecule has 0 heterocycles. The second-order valence-corrected chi connectivity index (χ2v) is 7.03. The molecule has 0 spiro atoms. The molecule has 0 atom stereocenters. The van der Waals surface area contributed by atoms with Gasteiger partial charge in [-0.05, 0) is 65.6 Å². The molecule has 1 aromatic carbocycles. The standard InChI is InChI=1S/C17H24BrN3O4S/c1-4-24-10-15(22)20-21-17(26)19-16(23)12-5-6-14(13(18)9-12)25-8-7-11(2)3/h5-6,9,11H,4,7-8,10H2,1-3H3,(H,20,22)(H2,19,21,23,26). The number of carbonyl (C=O) groups is 2. The van der Waals surface area contributed by atoms with E-state index in [4.69, 9.17) is 21.7 Å². The third kappa shape index (κ3) is 8.59. The molecule has 0 saturated heterocycles. The van der Waals surface area contributed by atoms with Gasteiger partial charge in [0, 0.05) is 12.2 Å². The van der Waals surface area contributed by atoms with Crippen LogP contribution in [0, 0.1) is 5.92 Å². The highest BCUT2D eigenvalue weighted by molar-refractivity contribution is 9.10. The van der Waals surface area contributed by atoms with Gasteiger partial charge in [0.25, 0.3) is 11.8 Å². The molecular weight excluding hydrogens is 422 g/mol. The molecule has 7 nitrogen and oxygen atoms in total. The van der Waals surface area contributed by atoms with Crippen LogP contribution in [0.15, 0.2) is 22.7 Å². The number of amides is 2. The topological polar surface area (TPSA) is 88.7 Å². The quantitative estimate of drug-likeness (QED) is 0.420. The minimum atomic E-state index is -0.406. The molecule has 0 bridgehead atoms. The zero-order valence-electron chi connectivity index (χ0n) is 15.1. The summed E-state index contributed by atoms with van der Waals surface area (Å²) in [6.07, 6.45) is 0.948. The smallest absolute Gasteiger partial charge is 0.264 e. The average molecular weight is 446 g/mol. The molecule has 26 heavy (non-hydrogen) atoms. The Hall–Kier alpha value is -1.71. The van der Waals surface area contributed by atoms with Crippen molar-refractivity contribution in [1.82, 2.24) is 16.2 Å². The van der Waals surface area contributed by atoms with E-state index in [0.29, 0.717) is 34.9 Å². The molecule has 0 aliphatic rings. The van der Waals surface area contributed by atoms with Crippen molar-refractivity contribution in [3.63, 3.8) is 0 Å². The monoisotopic (exact) mass is 445 g/mol. The van der Waals surface area contributed by atoms with Crippen molar-refractivity contribution < 1.29 is 19.1 Å². The van der Waals surface area contributed by atoms with Gasteiger partial charge < -0.3 is 9.47 Å². The van der Waals surface area contributed by atoms with Crippen molar-refractivity contribution in [3.05, 3.63) is 28.2 Å². The summed E-state index contributed by atoms with van der Waals surface area (Å²) in [6, 6.07) is 5.01. The van der Waals surface area contributed by atoms with Crippen molar-refractivity contribution in [2.45, 2.75) is 27.2 Å². The number of nitrogens with one attached hydrogen (secondary N) is 3. The first-order chi connectivity index (χ1) is 12.3. The van der Waals surface area contributed by atoms with Crippen molar-refractivity contribution in [1.29, 1.82) is 0 Å². The number of benzene rings is 1. The number of ether oxygens (including phenoxy) is 2. The van der Waals surface area contributed by atoms with Gasteiger partial charge in [-0.1, -0.05) is 13.8 Å². The van der Waals surface area contributed by atoms with Crippen LogP contribution in [0.5, 0.6) is 5.75 Å². The summed E-state index contributed by atoms with van der Waals surface area (Å²) in [5.74, 6) is 0.428. The Balaban J connectivity index is 2.50. The molecule has 144 valence electrons. The predicted octanol–water partition coefficient (Wildman–Crippen LogP) is 2.55. The SMILES string of the molecule is CCOCC(=O)NNC(=S)NC(=O)c1ccc(OCCC(C)C)c(Br)c1. The van der Waals surface area contributed by atoms with E-state index < -0.39 is 11.8 Å². The average Bonchev–Trinajstić information content (AvgIpc) is 2.59. The summed E-state index contributed by atoms with van der Waals surface area (Å²) in [6.45, 7) is 6.98. The molecule has 0 fully saturated rings. The highest BCUT2D eigenvalue weighted by Crippen LogP contribution is 2.26. The molecule has 9 heteroatoms. The summed E-state index contributed by atoms with van der Waals surface area (Å²) in [5.41, 5.74) is 5.17. The van der Waals surface area contributed by atoms with Crippen molar-refractivity contribution in [3.8, 4) is 5.75 Å². The van der Waals surface area contributed by atoms with Crippen LogP contribution < -0.4 is 20.9 Å². The van der Waals surface area contributed by atoms with Gasteiger partial charge in [-0.2, -0.15) is 0 Å². The van der Waals surface area contributed by atoms with Gasteiger partial charge >= 0.3 is 0 Å². The van der Waals surface area contributed by atoms with E-state index in [-0.39, 0.29) is 11.7 Å². The van der Waals surface area contributed by atoms with Gasteiger partial charge in [0.2, 0.25) is 0 Å². The number of carbonyl (C=O) groups excluding carboxylic acids is 2. The van der Waals surface area contributed by atoms with Crippen LogP contribution in [-0.2, 0) is 9.53 Å². The first-order valence-electron chi connectivity index (χ1n) is 8.23. The number of rotatable bonds is 8. The number of hydrazine groups is 1. The summed E-state index contributed by atoms with van der Waals surface area (Å²) in [5, 5.41) is 2.46. The fourth-order valence-electron chi connectivity index (χ4n) is 1.73. The lowest BCUT2D eigenvalue weighted by Crippen LogP contribution is -2.49. The van der Waals surface area contributed by atoms with Gasteiger partial charge in [0.15, 0.2) is 5.11 Å². The summed E-state index contributed by atoms with van der Waals surface area (Å²) in [4.78, 5) is 23.6. The largest absolute Gasteiger partial charge is 0.492 e. The Morgan fingerprint density at radius 3 is 2.62 bits per heavy atom. The van der Waals surface area contributed by atoms with Crippen molar-refractivity contribution in [2.24, 2.45) is 5.92 Å². The minimum absolute atomic E-state index is 0.0202. The molecule has 2 amide bonds. The lowest BCUT2D eigenvalue weighted by atomic mass is 10.1. The van der Waals surface area contributed by atoms with E-state index in [0.717, 1.165) is 6.42 Å². The Kier molecular flexibility index (Phi) is 10.2. The molecule has 0 radical (unpaired) electrons. The molecule has 0 aliphatic carbocycles. The van der Waals surface area contributed by atoms with Gasteiger partial charge in [-0.25, -0.2) is 0 Å². The summed E-state index contributed by atoms with van der Waals surface area (Å²) >= 11 is 8.36. The zero-order valence-corrected chi connectivity index (χ0v) is 17.5. The van der Waals surface area contributed by atoms with E-state index in [1.54, 1.807) is 25.1 Å². The summed E-state index contributed by atoms with van der Waals surface area (Å²) < 4.78 is 11.3. The maximum atomic E-state index is 12.2. The van der Waals surface area contributed by atoms with E-state index in [9.17, 15) is 9.59 Å². The molecule has 3 N–H and O–H groups in total. The van der Waals surface area contributed by atoms with Gasteiger partial charge in [0.05, 0.1) is 11.1 Å². The number of hydrogen-bond donors (Lipinski definition) is 3. The van der Waals surface area contributed by atoms with E-state index in [1.165, 1.54) is 0 Å². The second-order valence-electron chi connectivity index (χ2n) is 5.77. The highest BCUT2D eigenvalue weighted by atomic mass is 79.9. The second kappa shape index (κ2) is 11.8. The van der Waals surface area contributed by atoms with Crippen LogP contribution in [-0.4, -0.2) is 36.7 Å². The third-order valence-electron chi connectivity index (χ3n) is 3.13. The number of halogens is 1. The van der Waals surface area contributed by atoms with Crippen LogP contribution in [0.25, 0.3) is 0 Å². The fourth-order valence-corrected chi connectivity index (χ4v) is 2.36. The van der Waals surface area contributed by atoms with E-state index >= 15 is 0 Å². The van der Waals surface area contributed by atoms with E-state index in [2.05, 4.69) is 45.9 Å². The van der Waals surface area contributed by atoms with Crippen LogP contribution in [0.1, 0.15) is 37.6 Å². The molecule has 1 rings (SSSR count). The normalized spacial score (nSPS) is 10.3. The number of thiocarbonyl (C=S) groups is 1. The Morgan fingerprint density at radius 1 is 1.27 bits per heavy atom. The van der Waals surface area contributed by atoms with Crippen molar-refractivity contribution in [2.75, 3.05) is 19.8 Å². The first kappa shape index (κ1) is 22.3. The maximum Gasteiger partial charge on any atom is 0.264 e. The fraction of sp³-hybridized carbons (Fsp3) is 0.471. The molecular formula is C17H24BrN3O4S. The first-order valence-corrected chi connectivity index (χ1v) is 9.43. The lowest BCUT2D eigenvalue weighted by molar-refractivity contribution is -0.126. The van der Waals surface area contributed by atoms with Gasteiger partial charge in [0.1, 0.15) is 12.4 Å². The van der Waals surface area contributed by atoms with Crippen LogP contribution in [0.4, 0.5) is 0 Å². The van der Waals surface area contributed by atoms with Gasteiger partial charge in [-0.15, -0.1) is 0 Å². The zero-order chi connectivity index (χ0) is 19.5. The highest BCUT2D eigenvalue weighted by Gasteiger charge is 2.11. The van der Waals surface area contributed by atoms with Crippen LogP contribution >= 0.6 is 28.1 Å². The molecule has 0 aromatic heterocycles. The molecule has 0 unspecified atom stereocenters. The molecule has 1 aromatic rings. The Labute approximate surface area is 167 Å². The minimum Gasteiger partial charge on any atom is -0.492 e. The maximum absolute atomic E-state index is 12.2. The third-order valence-corrected chi connectivity index (χ3v) is 3.95. The summed E-state index contributed by atoms with van der Waals surface area (Å²) in [7, 11) is 0. The Bertz CT molecular complexity index is 640. The molecule has 0 aliphatic heterocycles. The van der Waals surface area contributed by atoms with Crippen LogP contribution in [0.3, 0.4) is 0 Å². The lowest BCUT2D eigenvalue weighted by Gasteiger charge is -2.12. The number of hydrogen-bond acceptors (Lipinski definition) is 5. The predicted molar refractivity (Wildman–Crippen MR) is 107 cm³/mol. The molecule has 0 saturated carbocycles. The van der Waals surface area contributed by atoms with Gasteiger partial charge in [-0.3, -0.25) is 25.8 Å². The Morgan fingerprint density at radius 2 is 2.00 bits per heavy atom. The van der Waals surface area contributed by atoms with E-state index in [1.807, 2.05) is 0 Å². The van der Waals surface area contributed by atoms with Crippen molar-refractivity contribution >= 4 is 45.1 Å².